The number of allylic oxidation sites excluding steroid dienone is 1. The Hall–Kier alpha value is -3.03. The number of aryl methyl sites for hydroxylation is 1. The van der Waals surface area contributed by atoms with Crippen molar-refractivity contribution in [2.24, 2.45) is 16.2 Å². The van der Waals surface area contributed by atoms with E-state index in [2.05, 4.69) is 32.2 Å². The lowest BCUT2D eigenvalue weighted by molar-refractivity contribution is -0.132. The Bertz CT molecular complexity index is 1800. The number of halogens is 2. The van der Waals surface area contributed by atoms with Crippen molar-refractivity contribution in [3.63, 3.8) is 0 Å². The van der Waals surface area contributed by atoms with Gasteiger partial charge in [0.2, 0.25) is 0 Å². The van der Waals surface area contributed by atoms with Gasteiger partial charge in [0.1, 0.15) is 28.4 Å². The Morgan fingerprint density at radius 2 is 2.08 bits per heavy atom. The predicted octanol–water partition coefficient (Wildman–Crippen LogP) is 5.99. The summed E-state index contributed by atoms with van der Waals surface area (Å²) in [6.07, 6.45) is 7.51. The van der Waals surface area contributed by atoms with Gasteiger partial charge in [0.25, 0.3) is 11.8 Å². The molecule has 1 saturated heterocycles. The van der Waals surface area contributed by atoms with Crippen LogP contribution in [0.25, 0.3) is 0 Å². The Morgan fingerprint density at radius 1 is 1.22 bits per heavy atom. The first-order valence-corrected chi connectivity index (χ1v) is 20.1. The van der Waals surface area contributed by atoms with Gasteiger partial charge in [0.15, 0.2) is 0 Å². The highest BCUT2D eigenvalue weighted by molar-refractivity contribution is 7.92. The van der Waals surface area contributed by atoms with Crippen molar-refractivity contribution >= 4 is 39.0 Å². The summed E-state index contributed by atoms with van der Waals surface area (Å²) in [5.74, 6) is -0.823. The van der Waals surface area contributed by atoms with Crippen molar-refractivity contribution < 1.29 is 37.1 Å². The molecule has 13 heteroatoms. The lowest BCUT2D eigenvalue weighted by Crippen LogP contribution is -2.56. The summed E-state index contributed by atoms with van der Waals surface area (Å²) in [6.45, 7) is 2.78. The fraction of sp³-hybridized carbons (Fsp3) is 0.579. The Kier molecular flexibility index (Phi) is 10.8. The van der Waals surface area contributed by atoms with Gasteiger partial charge in [-0.3, -0.25) is 14.3 Å². The van der Waals surface area contributed by atoms with E-state index in [9.17, 15) is 18.2 Å². The van der Waals surface area contributed by atoms with Crippen molar-refractivity contribution in [3.8, 4) is 5.75 Å². The third-order valence-electron chi connectivity index (χ3n) is 11.2. The number of ether oxygens (including phenoxy) is 4. The van der Waals surface area contributed by atoms with E-state index >= 15 is 0 Å². The molecule has 2 unspecified atom stereocenters. The molecule has 2 fully saturated rings. The lowest BCUT2D eigenvalue weighted by atomic mass is 9.68. The molecule has 7 rings (SSSR count). The number of hydrogen-bond donors (Lipinski definition) is 1. The molecule has 1 spiro atoms. The minimum atomic E-state index is -3.60. The number of rotatable bonds is 5. The highest BCUT2D eigenvalue weighted by atomic mass is 35.5. The number of alkyl halides is 1. The first-order valence-electron chi connectivity index (χ1n) is 18.0. The van der Waals surface area contributed by atoms with E-state index in [0.29, 0.717) is 38.3 Å². The second-order valence-electron chi connectivity index (χ2n) is 14.8. The number of hydrogen-bond acceptors (Lipinski definition) is 8. The summed E-state index contributed by atoms with van der Waals surface area (Å²) < 4.78 is 58.7. The molecule has 3 aliphatic heterocycles. The van der Waals surface area contributed by atoms with Crippen LogP contribution in [0.4, 0.5) is 10.1 Å². The minimum Gasteiger partial charge on any atom is -0.490 e. The maximum atomic E-state index is 14.4. The summed E-state index contributed by atoms with van der Waals surface area (Å²) >= 11 is 6.45. The van der Waals surface area contributed by atoms with Gasteiger partial charge in [0.05, 0.1) is 36.9 Å². The highest BCUT2D eigenvalue weighted by Gasteiger charge is 2.48. The van der Waals surface area contributed by atoms with Gasteiger partial charge in [-0.1, -0.05) is 36.7 Å². The quantitative estimate of drug-likeness (QED) is 0.372. The van der Waals surface area contributed by atoms with Crippen molar-refractivity contribution in [3.05, 3.63) is 70.3 Å². The average Bonchev–Trinajstić information content (AvgIpc) is 3.23. The molecule has 1 saturated carbocycles. The number of nitrogens with one attached hydrogen (secondary N) is 1. The minimum absolute atomic E-state index is 0.0619. The second-order valence-corrected chi connectivity index (χ2v) is 17.2. The number of nitrogens with zero attached hydrogens (tertiary/aromatic N) is 2. The van der Waals surface area contributed by atoms with Gasteiger partial charge in [0, 0.05) is 48.2 Å². The van der Waals surface area contributed by atoms with Crippen LogP contribution in [-0.2, 0) is 40.8 Å². The maximum absolute atomic E-state index is 14.4. The van der Waals surface area contributed by atoms with Crippen LogP contribution in [0.1, 0.15) is 66.9 Å². The summed E-state index contributed by atoms with van der Waals surface area (Å²) in [5, 5.41) is 0.723. The Morgan fingerprint density at radius 3 is 2.86 bits per heavy atom. The third kappa shape index (κ3) is 7.71. The molecule has 2 aliphatic carbocycles. The average molecular weight is 744 g/mol. The largest absolute Gasteiger partial charge is 0.490 e. The molecule has 2 amide bonds. The van der Waals surface area contributed by atoms with Gasteiger partial charge < -0.3 is 23.8 Å². The van der Waals surface area contributed by atoms with E-state index in [1.165, 1.54) is 11.1 Å². The van der Waals surface area contributed by atoms with E-state index in [1.807, 2.05) is 19.1 Å². The fourth-order valence-electron chi connectivity index (χ4n) is 8.44. The second kappa shape index (κ2) is 15.1. The molecule has 2 aromatic carbocycles. The topological polar surface area (TPSA) is 116 Å². The van der Waals surface area contributed by atoms with E-state index in [0.717, 1.165) is 42.8 Å². The van der Waals surface area contributed by atoms with Gasteiger partial charge in [-0.05, 0) is 92.3 Å². The van der Waals surface area contributed by atoms with Crippen LogP contribution in [0.3, 0.4) is 0 Å². The molecule has 0 radical (unpaired) electrons. The summed E-state index contributed by atoms with van der Waals surface area (Å²) in [6, 6.07) is 11.5. The molecule has 5 aliphatic rings. The molecule has 276 valence electrons. The van der Waals surface area contributed by atoms with Gasteiger partial charge in [-0.2, -0.15) is 0 Å². The SMILES string of the molecule is CO[C@H]1/C=C/C[C@H](C)CS(=O)(NC(=O)CO[C@H]2CCOC[C@H]2F)=NC(=O)c2ccc3c(c2)N(C[C@@]2(CCCc4cc(Cl)ccc42)CO3)C2CC[C@H]21. The number of benzene rings is 2. The third-order valence-corrected chi connectivity index (χ3v) is 13.4. The number of fused-ring (bicyclic) bond motifs is 5. The summed E-state index contributed by atoms with van der Waals surface area (Å²) in [4.78, 5) is 29.4. The molecule has 8 atom stereocenters. The van der Waals surface area contributed by atoms with Crippen molar-refractivity contribution in [2.45, 2.75) is 81.7 Å². The van der Waals surface area contributed by atoms with Crippen LogP contribution < -0.4 is 14.4 Å². The molecule has 2 aromatic rings. The standard InChI is InChI=1S/C38H47ClFN3O7S/c1-24-5-3-7-33(47-2)28-10-12-31(28)43-22-38(15-4-6-25-17-27(39)9-11-29(25)38)23-50-35-13-8-26(18-32(35)43)37(45)42-51(46,21-24)41-36(44)20-49-34-14-16-48-19-30(34)40/h3,7-9,11,13,17-18,24,28,30-31,33-34H,4-6,10,12,14-16,19-23H2,1-2H3,(H,41,42,44,45,46)/b7-3+/t24-,28+,30+,31?,33-,34-,38-,51?/m0/s1. The molecule has 1 N–H and O–H groups in total. The molecule has 3 heterocycles. The first kappa shape index (κ1) is 36.3. The highest BCUT2D eigenvalue weighted by Crippen LogP contribution is 2.49. The van der Waals surface area contributed by atoms with E-state index < -0.39 is 40.6 Å². The molecule has 2 bridgehead atoms. The zero-order valence-corrected chi connectivity index (χ0v) is 30.8. The number of carbonyl (C=O) groups excluding carboxylic acids is 2. The van der Waals surface area contributed by atoms with Crippen molar-refractivity contribution in [2.75, 3.05) is 50.7 Å². The van der Waals surface area contributed by atoms with Crippen LogP contribution in [-0.4, -0.2) is 86.3 Å². The summed E-state index contributed by atoms with van der Waals surface area (Å²) in [5.41, 5.74) is 3.23. The van der Waals surface area contributed by atoms with Gasteiger partial charge >= 0.3 is 0 Å². The maximum Gasteiger partial charge on any atom is 0.286 e. The van der Waals surface area contributed by atoms with E-state index in [4.69, 9.17) is 30.5 Å². The molecule has 51 heavy (non-hydrogen) atoms. The number of methoxy groups -OCH3 is 1. The molecular weight excluding hydrogens is 697 g/mol. The monoisotopic (exact) mass is 743 g/mol. The van der Waals surface area contributed by atoms with Crippen molar-refractivity contribution in [1.29, 1.82) is 0 Å². The number of carbonyl (C=O) groups is 2. The smallest absolute Gasteiger partial charge is 0.286 e. The Labute approximate surface area is 304 Å². The number of amides is 2. The zero-order chi connectivity index (χ0) is 35.8. The van der Waals surface area contributed by atoms with Crippen LogP contribution in [0, 0.1) is 11.8 Å². The van der Waals surface area contributed by atoms with E-state index in [1.54, 1.807) is 25.3 Å². The first-order chi connectivity index (χ1) is 24.6. The van der Waals surface area contributed by atoms with Gasteiger partial charge in [-0.15, -0.1) is 4.36 Å². The Balaban J connectivity index is 1.25. The van der Waals surface area contributed by atoms with Crippen LogP contribution in [0.5, 0.6) is 5.75 Å². The molecular formula is C38H47ClFN3O7S. The van der Waals surface area contributed by atoms with Gasteiger partial charge in [-0.25, -0.2) is 8.60 Å². The van der Waals surface area contributed by atoms with Crippen molar-refractivity contribution in [1.82, 2.24) is 4.72 Å². The molecule has 10 nitrogen and oxygen atoms in total. The van der Waals surface area contributed by atoms with E-state index in [-0.39, 0.29) is 47.3 Å². The zero-order valence-electron chi connectivity index (χ0n) is 29.2. The lowest BCUT2D eigenvalue weighted by Gasteiger charge is -2.50. The molecule has 0 aromatic heterocycles. The van der Waals surface area contributed by atoms with Crippen LogP contribution in [0.2, 0.25) is 5.02 Å². The van der Waals surface area contributed by atoms with Crippen LogP contribution in [0.15, 0.2) is 52.9 Å². The predicted molar refractivity (Wildman–Crippen MR) is 194 cm³/mol. The number of anilines is 1. The fourth-order valence-corrected chi connectivity index (χ4v) is 10.5. The summed E-state index contributed by atoms with van der Waals surface area (Å²) in [7, 11) is -1.86. The van der Waals surface area contributed by atoms with Crippen LogP contribution >= 0.6 is 11.6 Å². The normalized spacial score (nSPS) is 34.3.